The van der Waals surface area contributed by atoms with E-state index in [2.05, 4.69) is 34.6 Å². The number of carbonyl (C=O) groups excluding carboxylic acids is 2. The van der Waals surface area contributed by atoms with E-state index in [4.69, 9.17) is 14.2 Å². The number of ether oxygens (including phenoxy) is 3. The van der Waals surface area contributed by atoms with Crippen LogP contribution in [0, 0.1) is 11.3 Å². The Morgan fingerprint density at radius 2 is 0.760 bits per heavy atom. The van der Waals surface area contributed by atoms with Gasteiger partial charge in [0.05, 0.1) is 19.8 Å². The van der Waals surface area contributed by atoms with Crippen molar-refractivity contribution in [2.45, 2.75) is 240 Å². The Hall–Kier alpha value is -1.10. The highest BCUT2D eigenvalue weighted by Gasteiger charge is 2.20. The molecule has 0 aromatic carbocycles. The van der Waals surface area contributed by atoms with Crippen molar-refractivity contribution in [2.75, 3.05) is 26.4 Å². The molecular formula is C45H88O5. The molecule has 0 aliphatic heterocycles. The maximum Gasteiger partial charge on any atom is 0.305 e. The Balaban J connectivity index is 3.71. The predicted octanol–water partition coefficient (Wildman–Crippen LogP) is 14.3. The van der Waals surface area contributed by atoms with Crippen LogP contribution in [0.25, 0.3) is 0 Å². The summed E-state index contributed by atoms with van der Waals surface area (Å²) in [5, 5.41) is 0. The molecule has 298 valence electrons. The molecular weight excluding hydrogens is 620 g/mol. The highest BCUT2D eigenvalue weighted by Crippen LogP contribution is 2.25. The van der Waals surface area contributed by atoms with Gasteiger partial charge in [-0.15, -0.1) is 0 Å². The van der Waals surface area contributed by atoms with Crippen molar-refractivity contribution in [2.24, 2.45) is 11.3 Å². The summed E-state index contributed by atoms with van der Waals surface area (Å²) >= 11 is 0. The number of hydrogen-bond donors (Lipinski definition) is 0. The lowest BCUT2D eigenvalue weighted by atomic mass is 9.85. The second kappa shape index (κ2) is 37.7. The SMILES string of the molecule is CCCCCCCCCCCCCCCCCCCOCC(COC(=O)CCCCCCCCC(=O)OCCCCCCCC)CC(C)(C)C. The van der Waals surface area contributed by atoms with Crippen molar-refractivity contribution < 1.29 is 23.8 Å². The van der Waals surface area contributed by atoms with Gasteiger partial charge in [0.25, 0.3) is 0 Å². The van der Waals surface area contributed by atoms with Crippen molar-refractivity contribution in [3.63, 3.8) is 0 Å². The van der Waals surface area contributed by atoms with E-state index in [1.807, 2.05) is 0 Å². The Kier molecular flexibility index (Phi) is 36.8. The van der Waals surface area contributed by atoms with E-state index in [0.717, 1.165) is 70.8 Å². The molecule has 0 N–H and O–H groups in total. The van der Waals surface area contributed by atoms with Crippen LogP contribution >= 0.6 is 0 Å². The van der Waals surface area contributed by atoms with Crippen molar-refractivity contribution >= 4 is 11.9 Å². The van der Waals surface area contributed by atoms with E-state index in [9.17, 15) is 9.59 Å². The highest BCUT2D eigenvalue weighted by molar-refractivity contribution is 5.69. The lowest BCUT2D eigenvalue weighted by molar-refractivity contribution is -0.146. The van der Waals surface area contributed by atoms with Gasteiger partial charge in [-0.05, 0) is 37.5 Å². The summed E-state index contributed by atoms with van der Waals surface area (Å²) in [6, 6.07) is 0. The fourth-order valence-electron chi connectivity index (χ4n) is 6.88. The van der Waals surface area contributed by atoms with Crippen LogP contribution in [0.2, 0.25) is 0 Å². The monoisotopic (exact) mass is 709 g/mol. The first-order chi connectivity index (χ1) is 24.3. The Morgan fingerprint density at radius 1 is 0.420 bits per heavy atom. The minimum absolute atomic E-state index is 0.0492. The summed E-state index contributed by atoms with van der Waals surface area (Å²) in [5.41, 5.74) is 0.180. The third kappa shape index (κ3) is 39.7. The molecule has 1 unspecified atom stereocenters. The Bertz CT molecular complexity index is 715. The smallest absolute Gasteiger partial charge is 0.305 e. The minimum Gasteiger partial charge on any atom is -0.466 e. The van der Waals surface area contributed by atoms with Crippen LogP contribution < -0.4 is 0 Å². The van der Waals surface area contributed by atoms with Gasteiger partial charge in [0.15, 0.2) is 0 Å². The maximum atomic E-state index is 12.4. The molecule has 1 atom stereocenters. The first kappa shape index (κ1) is 48.9. The van der Waals surface area contributed by atoms with Crippen LogP contribution in [-0.4, -0.2) is 38.4 Å². The summed E-state index contributed by atoms with van der Waals surface area (Å²) < 4.78 is 17.1. The van der Waals surface area contributed by atoms with Gasteiger partial charge in [-0.3, -0.25) is 9.59 Å². The first-order valence-corrected chi connectivity index (χ1v) is 22.2. The van der Waals surface area contributed by atoms with Crippen molar-refractivity contribution in [3.05, 3.63) is 0 Å². The van der Waals surface area contributed by atoms with Gasteiger partial charge in [-0.2, -0.15) is 0 Å². The van der Waals surface area contributed by atoms with Gasteiger partial charge >= 0.3 is 11.9 Å². The molecule has 5 nitrogen and oxygen atoms in total. The number of esters is 2. The largest absolute Gasteiger partial charge is 0.466 e. The first-order valence-electron chi connectivity index (χ1n) is 22.2. The van der Waals surface area contributed by atoms with E-state index >= 15 is 0 Å². The fourth-order valence-corrected chi connectivity index (χ4v) is 6.88. The normalized spacial score (nSPS) is 12.3. The molecule has 0 radical (unpaired) electrons. The fraction of sp³-hybridized carbons (Fsp3) is 0.956. The van der Waals surface area contributed by atoms with Gasteiger partial charge in [-0.25, -0.2) is 0 Å². The third-order valence-corrected chi connectivity index (χ3v) is 9.90. The Morgan fingerprint density at radius 3 is 1.16 bits per heavy atom. The summed E-state index contributed by atoms with van der Waals surface area (Å²) in [7, 11) is 0. The van der Waals surface area contributed by atoms with Crippen LogP contribution in [0.5, 0.6) is 0 Å². The molecule has 0 bridgehead atoms. The van der Waals surface area contributed by atoms with E-state index in [0.29, 0.717) is 32.7 Å². The molecule has 0 aromatic rings. The van der Waals surface area contributed by atoms with Gasteiger partial charge in [0.2, 0.25) is 0 Å². The maximum absolute atomic E-state index is 12.4. The van der Waals surface area contributed by atoms with E-state index in [1.165, 1.54) is 128 Å². The van der Waals surface area contributed by atoms with Gasteiger partial charge in [-0.1, -0.05) is 195 Å². The summed E-state index contributed by atoms with van der Waals surface area (Å²) in [6.45, 7) is 13.8. The number of rotatable bonds is 39. The van der Waals surface area contributed by atoms with Crippen LogP contribution in [0.1, 0.15) is 240 Å². The molecule has 0 aliphatic carbocycles. The van der Waals surface area contributed by atoms with Crippen LogP contribution in [0.15, 0.2) is 0 Å². The van der Waals surface area contributed by atoms with Crippen LogP contribution in [0.3, 0.4) is 0 Å². The zero-order valence-corrected chi connectivity index (χ0v) is 34.6. The van der Waals surface area contributed by atoms with Gasteiger partial charge < -0.3 is 14.2 Å². The molecule has 0 saturated carbocycles. The molecule has 0 aromatic heterocycles. The summed E-state index contributed by atoms with van der Waals surface area (Å²) in [4.78, 5) is 24.3. The number of hydrogen-bond acceptors (Lipinski definition) is 5. The standard InChI is InChI=1S/C45H88O5/c1-6-8-10-12-14-15-16-17-18-19-20-21-22-23-26-29-33-37-48-40-42(39-45(3,4)5)41-50-44(47)36-32-28-25-24-27-31-35-43(46)49-38-34-30-13-11-9-7-2/h42H,6-41H2,1-5H3. The van der Waals surface area contributed by atoms with Crippen LogP contribution in [-0.2, 0) is 23.8 Å². The van der Waals surface area contributed by atoms with E-state index in [-0.39, 0.29) is 23.3 Å². The predicted molar refractivity (Wildman–Crippen MR) is 215 cm³/mol. The highest BCUT2D eigenvalue weighted by atomic mass is 16.5. The lowest BCUT2D eigenvalue weighted by Gasteiger charge is -2.25. The summed E-state index contributed by atoms with van der Waals surface area (Å²) in [5.74, 6) is 0.124. The molecule has 50 heavy (non-hydrogen) atoms. The molecule has 0 fully saturated rings. The molecule has 5 heteroatoms. The quantitative estimate of drug-likeness (QED) is 0.0470. The third-order valence-electron chi connectivity index (χ3n) is 9.90. The average molecular weight is 709 g/mol. The van der Waals surface area contributed by atoms with Crippen LogP contribution in [0.4, 0.5) is 0 Å². The van der Waals surface area contributed by atoms with Crippen molar-refractivity contribution in [1.82, 2.24) is 0 Å². The number of unbranched alkanes of at least 4 members (excludes halogenated alkanes) is 26. The van der Waals surface area contributed by atoms with E-state index in [1.54, 1.807) is 0 Å². The second-order valence-electron chi connectivity index (χ2n) is 16.7. The lowest BCUT2D eigenvalue weighted by Crippen LogP contribution is -2.24. The number of carbonyl (C=O) groups is 2. The molecule has 0 rings (SSSR count). The van der Waals surface area contributed by atoms with Gasteiger partial charge in [0.1, 0.15) is 0 Å². The van der Waals surface area contributed by atoms with Gasteiger partial charge in [0, 0.05) is 25.4 Å². The van der Waals surface area contributed by atoms with E-state index < -0.39 is 0 Å². The molecule has 0 spiro atoms. The molecule has 0 aliphatic rings. The molecule has 0 amide bonds. The average Bonchev–Trinajstić information content (AvgIpc) is 3.08. The van der Waals surface area contributed by atoms with Crippen molar-refractivity contribution in [3.8, 4) is 0 Å². The zero-order chi connectivity index (χ0) is 36.8. The van der Waals surface area contributed by atoms with Crippen molar-refractivity contribution in [1.29, 1.82) is 0 Å². The molecule has 0 heterocycles. The topological polar surface area (TPSA) is 61.8 Å². The Labute approximate surface area is 312 Å². The second-order valence-corrected chi connectivity index (χ2v) is 16.7. The minimum atomic E-state index is -0.0785. The summed E-state index contributed by atoms with van der Waals surface area (Å²) in [6.07, 6.45) is 38.9. The molecule has 0 saturated heterocycles. The zero-order valence-electron chi connectivity index (χ0n) is 34.6.